The fourth-order valence-electron chi connectivity index (χ4n) is 3.13. The minimum absolute atomic E-state index is 0.573. The van der Waals surface area contributed by atoms with E-state index in [9.17, 15) is 0 Å². The summed E-state index contributed by atoms with van der Waals surface area (Å²) in [6, 6.07) is 9.72. The molecule has 0 spiro atoms. The fraction of sp³-hybridized carbons (Fsp3) is 0.625. The van der Waals surface area contributed by atoms with Gasteiger partial charge in [0.05, 0.1) is 0 Å². The lowest BCUT2D eigenvalue weighted by Gasteiger charge is -2.39. The van der Waals surface area contributed by atoms with Crippen LogP contribution in [0.15, 0.2) is 29.2 Å². The van der Waals surface area contributed by atoms with Gasteiger partial charge in [-0.3, -0.25) is 4.90 Å². The van der Waals surface area contributed by atoms with Crippen LogP contribution in [0.4, 0.5) is 0 Å². The van der Waals surface area contributed by atoms with Crippen molar-refractivity contribution in [2.45, 2.75) is 30.7 Å². The number of piperidine rings is 1. The highest BCUT2D eigenvalue weighted by Gasteiger charge is 2.29. The molecule has 1 heterocycles. The quantitative estimate of drug-likeness (QED) is 0.831. The molecule has 106 valence electrons. The van der Waals surface area contributed by atoms with Crippen molar-refractivity contribution in [2.24, 2.45) is 5.92 Å². The van der Waals surface area contributed by atoms with Crippen molar-refractivity contribution in [3.63, 3.8) is 0 Å². The predicted molar refractivity (Wildman–Crippen MR) is 84.9 cm³/mol. The highest BCUT2D eigenvalue weighted by Crippen LogP contribution is 2.35. The zero-order valence-corrected chi connectivity index (χ0v) is 13.2. The van der Waals surface area contributed by atoms with Gasteiger partial charge >= 0.3 is 0 Å². The van der Waals surface area contributed by atoms with Crippen LogP contribution in [0.25, 0.3) is 0 Å². The van der Waals surface area contributed by atoms with Crippen LogP contribution in [0, 0.1) is 5.92 Å². The van der Waals surface area contributed by atoms with Gasteiger partial charge in [0.25, 0.3) is 0 Å². The summed E-state index contributed by atoms with van der Waals surface area (Å²) in [7, 11) is 2.27. The van der Waals surface area contributed by atoms with Gasteiger partial charge in [-0.25, -0.2) is 0 Å². The predicted octanol–water partition coefficient (Wildman–Crippen LogP) is 3.40. The van der Waals surface area contributed by atoms with Crippen molar-refractivity contribution in [2.75, 3.05) is 32.9 Å². The van der Waals surface area contributed by atoms with Gasteiger partial charge in [0.15, 0.2) is 0 Å². The molecule has 3 heteroatoms. The normalized spacial score (nSPS) is 24.6. The molecule has 0 amide bonds. The van der Waals surface area contributed by atoms with Gasteiger partial charge in [-0.1, -0.05) is 19.1 Å². The SMILES string of the molecule is CCNCC1CCCN(C)C1c1ccc(SC)cc1. The first-order valence-corrected chi connectivity index (χ1v) is 8.53. The Morgan fingerprint density at radius 3 is 2.68 bits per heavy atom. The van der Waals surface area contributed by atoms with Gasteiger partial charge in [-0.15, -0.1) is 11.8 Å². The second-order valence-electron chi connectivity index (χ2n) is 5.41. The number of nitrogens with zero attached hydrogens (tertiary/aromatic N) is 1. The summed E-state index contributed by atoms with van der Waals surface area (Å²) in [6.45, 7) is 5.61. The summed E-state index contributed by atoms with van der Waals surface area (Å²) in [5, 5.41) is 3.53. The number of nitrogens with one attached hydrogen (secondary N) is 1. The summed E-state index contributed by atoms with van der Waals surface area (Å²) in [5.74, 6) is 0.735. The van der Waals surface area contributed by atoms with Crippen LogP contribution in [-0.2, 0) is 0 Å². The fourth-order valence-corrected chi connectivity index (χ4v) is 3.54. The van der Waals surface area contributed by atoms with E-state index >= 15 is 0 Å². The van der Waals surface area contributed by atoms with Crippen molar-refractivity contribution in [3.8, 4) is 0 Å². The van der Waals surface area contributed by atoms with Crippen LogP contribution in [-0.4, -0.2) is 37.8 Å². The Labute approximate surface area is 122 Å². The Morgan fingerprint density at radius 2 is 2.05 bits per heavy atom. The minimum atomic E-state index is 0.573. The smallest absolute Gasteiger partial charge is 0.0385 e. The zero-order valence-electron chi connectivity index (χ0n) is 12.4. The Hall–Kier alpha value is -0.510. The van der Waals surface area contributed by atoms with E-state index < -0.39 is 0 Å². The Kier molecular flexibility index (Phi) is 5.74. The Bertz CT molecular complexity index is 377. The van der Waals surface area contributed by atoms with E-state index in [2.05, 4.69) is 54.7 Å². The number of thioether (sulfide) groups is 1. The van der Waals surface area contributed by atoms with Crippen LogP contribution < -0.4 is 5.32 Å². The van der Waals surface area contributed by atoms with Crippen LogP contribution in [0.3, 0.4) is 0 Å². The van der Waals surface area contributed by atoms with Gasteiger partial charge in [-0.05, 0) is 69.4 Å². The highest BCUT2D eigenvalue weighted by molar-refractivity contribution is 7.98. The van der Waals surface area contributed by atoms with E-state index in [0.717, 1.165) is 19.0 Å². The van der Waals surface area contributed by atoms with Crippen molar-refractivity contribution in [1.29, 1.82) is 0 Å². The molecule has 19 heavy (non-hydrogen) atoms. The van der Waals surface area contributed by atoms with Gasteiger partial charge < -0.3 is 5.32 Å². The molecule has 2 unspecified atom stereocenters. The maximum Gasteiger partial charge on any atom is 0.0385 e. The van der Waals surface area contributed by atoms with Crippen molar-refractivity contribution < 1.29 is 0 Å². The van der Waals surface area contributed by atoms with Gasteiger partial charge in [-0.2, -0.15) is 0 Å². The molecule has 1 fully saturated rings. The average Bonchev–Trinajstić information content (AvgIpc) is 2.45. The third-order valence-corrected chi connectivity index (χ3v) is 4.86. The number of hydrogen-bond acceptors (Lipinski definition) is 3. The lowest BCUT2D eigenvalue weighted by atomic mass is 9.85. The number of rotatable bonds is 5. The largest absolute Gasteiger partial charge is 0.317 e. The molecule has 1 aromatic rings. The molecule has 1 aromatic carbocycles. The maximum atomic E-state index is 3.53. The lowest BCUT2D eigenvalue weighted by Crippen LogP contribution is -2.40. The number of benzene rings is 1. The van der Waals surface area contributed by atoms with E-state index in [1.54, 1.807) is 0 Å². The molecule has 1 aliphatic rings. The van der Waals surface area contributed by atoms with Gasteiger partial charge in [0.1, 0.15) is 0 Å². The topological polar surface area (TPSA) is 15.3 Å². The monoisotopic (exact) mass is 278 g/mol. The molecule has 1 aliphatic heterocycles. The third kappa shape index (κ3) is 3.74. The standard InChI is InChI=1S/C16H26N2S/c1-4-17-12-14-6-5-11-18(2)16(14)13-7-9-15(19-3)10-8-13/h7-10,14,16-17H,4-6,11-12H2,1-3H3. The second kappa shape index (κ2) is 7.32. The van der Waals surface area contributed by atoms with Gasteiger partial charge in [0.2, 0.25) is 0 Å². The van der Waals surface area contributed by atoms with E-state index in [1.165, 1.54) is 29.8 Å². The van der Waals surface area contributed by atoms with E-state index in [4.69, 9.17) is 0 Å². The molecule has 1 saturated heterocycles. The van der Waals surface area contributed by atoms with E-state index in [1.807, 2.05) is 11.8 Å². The van der Waals surface area contributed by atoms with Crippen molar-refractivity contribution in [3.05, 3.63) is 29.8 Å². The zero-order chi connectivity index (χ0) is 13.7. The van der Waals surface area contributed by atoms with Crippen LogP contribution in [0.2, 0.25) is 0 Å². The van der Waals surface area contributed by atoms with Crippen molar-refractivity contribution in [1.82, 2.24) is 10.2 Å². The van der Waals surface area contributed by atoms with Crippen LogP contribution in [0.5, 0.6) is 0 Å². The first-order chi connectivity index (χ1) is 9.26. The van der Waals surface area contributed by atoms with Crippen LogP contribution in [0.1, 0.15) is 31.4 Å². The maximum absolute atomic E-state index is 3.53. The molecule has 0 aromatic heterocycles. The minimum Gasteiger partial charge on any atom is -0.317 e. The Balaban J connectivity index is 2.15. The third-order valence-electron chi connectivity index (χ3n) is 4.12. The summed E-state index contributed by atoms with van der Waals surface area (Å²) >= 11 is 1.81. The molecule has 0 radical (unpaired) electrons. The first kappa shape index (κ1) is 14.9. The first-order valence-electron chi connectivity index (χ1n) is 7.31. The van der Waals surface area contributed by atoms with Gasteiger partial charge in [0, 0.05) is 10.9 Å². The highest BCUT2D eigenvalue weighted by atomic mass is 32.2. The molecular formula is C16H26N2S. The summed E-state index contributed by atoms with van der Waals surface area (Å²) in [5.41, 5.74) is 1.47. The van der Waals surface area contributed by atoms with Crippen molar-refractivity contribution >= 4 is 11.8 Å². The van der Waals surface area contributed by atoms with E-state index in [-0.39, 0.29) is 0 Å². The molecule has 2 nitrogen and oxygen atoms in total. The molecule has 0 aliphatic carbocycles. The second-order valence-corrected chi connectivity index (χ2v) is 6.29. The molecular weight excluding hydrogens is 252 g/mol. The molecule has 2 atom stereocenters. The number of likely N-dealkylation sites (tertiary alicyclic amines) is 1. The Morgan fingerprint density at radius 1 is 1.32 bits per heavy atom. The summed E-state index contributed by atoms with van der Waals surface area (Å²) in [6.07, 6.45) is 4.80. The number of hydrogen-bond donors (Lipinski definition) is 1. The summed E-state index contributed by atoms with van der Waals surface area (Å²) in [4.78, 5) is 3.88. The lowest BCUT2D eigenvalue weighted by molar-refractivity contribution is 0.120. The molecule has 0 bridgehead atoms. The molecule has 2 rings (SSSR count). The average molecular weight is 278 g/mol. The van der Waals surface area contributed by atoms with Crippen LogP contribution >= 0.6 is 11.8 Å². The molecule has 1 N–H and O–H groups in total. The van der Waals surface area contributed by atoms with E-state index in [0.29, 0.717) is 6.04 Å². The molecule has 0 saturated carbocycles. The summed E-state index contributed by atoms with van der Waals surface area (Å²) < 4.78 is 0.